The van der Waals surface area contributed by atoms with E-state index in [1.165, 1.54) is 11.1 Å². The fraction of sp³-hybridized carbons (Fsp3) is 0.200. The topological polar surface area (TPSA) is 77.3 Å². The number of hydrogen-bond acceptors (Lipinski definition) is 6. The highest BCUT2D eigenvalue weighted by Crippen LogP contribution is 2.62. The predicted octanol–water partition coefficient (Wildman–Crippen LogP) is 10.7. The molecule has 8 rings (SSSR count). The summed E-state index contributed by atoms with van der Waals surface area (Å²) in [5.41, 5.74) is 7.57. The Bertz CT molecular complexity index is 2090. The number of benzene rings is 5. The Morgan fingerprint density at radius 1 is 0.314 bits per heavy atom. The van der Waals surface area contributed by atoms with Crippen LogP contribution in [0.15, 0.2) is 133 Å². The molecule has 0 saturated heterocycles. The molecule has 0 amide bonds. The minimum absolute atomic E-state index is 0.0643. The maximum atomic E-state index is 5.20. The van der Waals surface area contributed by atoms with Crippen molar-refractivity contribution in [2.75, 3.05) is 0 Å². The molecule has 2 heterocycles. The van der Waals surface area contributed by atoms with Crippen LogP contribution in [0.5, 0.6) is 0 Å². The van der Waals surface area contributed by atoms with Crippen LogP contribution in [0.2, 0.25) is 0 Å². The van der Waals surface area contributed by atoms with Crippen molar-refractivity contribution >= 4 is 0 Å². The van der Waals surface area contributed by atoms with Gasteiger partial charge in [0, 0.05) is 33.4 Å². The molecule has 0 unspecified atom stereocenters. The van der Waals surface area contributed by atoms with Gasteiger partial charge in [0.05, 0.1) is 0 Å². The zero-order valence-electron chi connectivity index (χ0n) is 29.9. The number of aromatic nitrogens is 6. The fourth-order valence-electron chi connectivity index (χ4n) is 7.32. The summed E-state index contributed by atoms with van der Waals surface area (Å²) in [4.78, 5) is 30.8. The fourth-order valence-corrected chi connectivity index (χ4v) is 7.32. The highest BCUT2D eigenvalue weighted by Gasteiger charge is 2.57. The predicted molar refractivity (Wildman–Crippen MR) is 206 cm³/mol. The van der Waals surface area contributed by atoms with E-state index < -0.39 is 0 Å². The minimum atomic E-state index is -0.153. The van der Waals surface area contributed by atoms with Crippen LogP contribution in [0.3, 0.4) is 0 Å². The van der Waals surface area contributed by atoms with E-state index in [0.717, 1.165) is 33.4 Å². The van der Waals surface area contributed by atoms with Crippen molar-refractivity contribution in [1.29, 1.82) is 0 Å². The lowest BCUT2D eigenvalue weighted by atomic mass is 9.59. The van der Waals surface area contributed by atoms with Crippen molar-refractivity contribution in [2.45, 2.75) is 52.4 Å². The molecule has 0 spiro atoms. The van der Waals surface area contributed by atoms with Crippen molar-refractivity contribution in [3.63, 3.8) is 0 Å². The molecule has 0 radical (unpaired) electrons. The lowest BCUT2D eigenvalue weighted by molar-refractivity contribution is 0.125. The van der Waals surface area contributed by atoms with Gasteiger partial charge in [-0.25, -0.2) is 29.9 Å². The van der Waals surface area contributed by atoms with Crippen LogP contribution in [0, 0.1) is 5.41 Å². The molecule has 5 aromatic carbocycles. The third-order valence-corrected chi connectivity index (χ3v) is 11.5. The Balaban J connectivity index is 1.46. The lowest BCUT2D eigenvalue weighted by Gasteiger charge is -2.44. The molecule has 0 aliphatic heterocycles. The average Bonchev–Trinajstić information content (AvgIpc) is 3.28. The Labute approximate surface area is 299 Å². The second kappa shape index (κ2) is 12.2. The summed E-state index contributed by atoms with van der Waals surface area (Å²) in [6.45, 7) is 14.2. The maximum absolute atomic E-state index is 5.20. The second-order valence-electron chi connectivity index (χ2n) is 14.9. The molecule has 0 bridgehead atoms. The third kappa shape index (κ3) is 5.42. The van der Waals surface area contributed by atoms with E-state index in [1.54, 1.807) is 0 Å². The maximum Gasteiger partial charge on any atom is 0.164 e. The Morgan fingerprint density at radius 3 is 0.804 bits per heavy atom. The summed E-state index contributed by atoms with van der Waals surface area (Å²) < 4.78 is 0. The van der Waals surface area contributed by atoms with Crippen LogP contribution < -0.4 is 0 Å². The van der Waals surface area contributed by atoms with Gasteiger partial charge >= 0.3 is 0 Å². The van der Waals surface area contributed by atoms with Crippen molar-refractivity contribution in [3.8, 4) is 68.3 Å². The lowest BCUT2D eigenvalue weighted by Crippen LogP contribution is -2.42. The smallest absolute Gasteiger partial charge is 0.164 e. The number of rotatable bonds is 6. The number of fused-ring (bicyclic) bond motifs is 1. The first-order valence-corrected chi connectivity index (χ1v) is 17.5. The van der Waals surface area contributed by atoms with Gasteiger partial charge in [-0.05, 0) is 39.5 Å². The van der Waals surface area contributed by atoms with Gasteiger partial charge in [-0.15, -0.1) is 0 Å². The van der Waals surface area contributed by atoms with Crippen LogP contribution >= 0.6 is 0 Å². The van der Waals surface area contributed by atoms with E-state index in [0.29, 0.717) is 34.9 Å². The summed E-state index contributed by atoms with van der Waals surface area (Å²) in [5, 5.41) is 0. The summed E-state index contributed by atoms with van der Waals surface area (Å²) in [5.74, 6) is 3.57. The first kappa shape index (κ1) is 32.3. The van der Waals surface area contributed by atoms with Gasteiger partial charge in [-0.3, -0.25) is 0 Å². The van der Waals surface area contributed by atoms with E-state index in [-0.39, 0.29) is 16.2 Å². The van der Waals surface area contributed by atoms with Gasteiger partial charge in [0.2, 0.25) is 0 Å². The van der Waals surface area contributed by atoms with E-state index in [4.69, 9.17) is 29.9 Å². The SMILES string of the molecule is CC1(C)c2cc(-c3nc(-c4ccccc4)nc(-c4ccccc4)n3)c(-c3nc(-c4ccccc4)nc(-c4ccccc4)n3)cc2C(C)(C)C1(C)C. The van der Waals surface area contributed by atoms with Gasteiger partial charge < -0.3 is 0 Å². The zero-order valence-corrected chi connectivity index (χ0v) is 29.9. The molecule has 0 atom stereocenters. The van der Waals surface area contributed by atoms with E-state index >= 15 is 0 Å². The van der Waals surface area contributed by atoms with E-state index in [1.807, 2.05) is 121 Å². The normalized spacial score (nSPS) is 15.3. The molecular weight excluding hydrogens is 625 g/mol. The first-order valence-electron chi connectivity index (χ1n) is 17.5. The zero-order chi connectivity index (χ0) is 35.4. The highest BCUT2D eigenvalue weighted by molar-refractivity contribution is 5.83. The second-order valence-corrected chi connectivity index (χ2v) is 14.9. The summed E-state index contributed by atoms with van der Waals surface area (Å²) in [6, 6.07) is 45.0. The molecule has 6 heteroatoms. The standard InChI is InChI=1S/C45H40N6/c1-43(2)35-27-33(41-48-37(29-19-11-7-12-20-29)46-38(49-41)30-21-13-8-14-22-30)34(28-36(35)44(3,4)45(43,5)6)42-50-39(31-23-15-9-16-24-31)47-40(51-42)32-25-17-10-18-26-32/h7-28H,1-6H3. The molecule has 1 aliphatic carbocycles. The van der Waals surface area contributed by atoms with Crippen LogP contribution in [-0.2, 0) is 10.8 Å². The molecule has 1 aliphatic rings. The van der Waals surface area contributed by atoms with Gasteiger partial charge in [0.25, 0.3) is 0 Å². The first-order chi connectivity index (χ1) is 24.5. The average molecular weight is 665 g/mol. The van der Waals surface area contributed by atoms with E-state index in [2.05, 4.69) is 53.7 Å². The molecule has 250 valence electrons. The molecule has 0 N–H and O–H groups in total. The number of hydrogen-bond donors (Lipinski definition) is 0. The van der Waals surface area contributed by atoms with Crippen LogP contribution in [0.1, 0.15) is 52.7 Å². The Morgan fingerprint density at radius 2 is 0.549 bits per heavy atom. The van der Waals surface area contributed by atoms with Gasteiger partial charge in [-0.2, -0.15) is 0 Å². The molecule has 0 fully saturated rings. The van der Waals surface area contributed by atoms with Crippen LogP contribution in [0.25, 0.3) is 68.3 Å². The largest absolute Gasteiger partial charge is 0.208 e. The molecular formula is C45H40N6. The van der Waals surface area contributed by atoms with Gasteiger partial charge in [0.15, 0.2) is 34.9 Å². The Hall–Kier alpha value is -5.88. The summed E-state index contributed by atoms with van der Waals surface area (Å²) >= 11 is 0. The Kier molecular flexibility index (Phi) is 7.71. The quantitative estimate of drug-likeness (QED) is 0.176. The molecule has 2 aromatic heterocycles. The van der Waals surface area contributed by atoms with Gasteiger partial charge in [0.1, 0.15) is 0 Å². The minimum Gasteiger partial charge on any atom is -0.208 e. The van der Waals surface area contributed by atoms with E-state index in [9.17, 15) is 0 Å². The number of nitrogens with zero attached hydrogens (tertiary/aromatic N) is 6. The summed E-state index contributed by atoms with van der Waals surface area (Å²) in [6.07, 6.45) is 0. The van der Waals surface area contributed by atoms with Crippen LogP contribution in [0.4, 0.5) is 0 Å². The molecule has 7 aromatic rings. The third-order valence-electron chi connectivity index (χ3n) is 11.5. The van der Waals surface area contributed by atoms with Crippen molar-refractivity contribution in [3.05, 3.63) is 145 Å². The van der Waals surface area contributed by atoms with Gasteiger partial charge in [-0.1, -0.05) is 163 Å². The van der Waals surface area contributed by atoms with Crippen molar-refractivity contribution < 1.29 is 0 Å². The highest BCUT2D eigenvalue weighted by atomic mass is 15.1. The molecule has 51 heavy (non-hydrogen) atoms. The van der Waals surface area contributed by atoms with Crippen LogP contribution in [-0.4, -0.2) is 29.9 Å². The molecule has 0 saturated carbocycles. The monoisotopic (exact) mass is 664 g/mol. The molecule has 6 nitrogen and oxygen atoms in total. The van der Waals surface area contributed by atoms with Crippen molar-refractivity contribution in [1.82, 2.24) is 29.9 Å². The summed E-state index contributed by atoms with van der Waals surface area (Å²) in [7, 11) is 0. The van der Waals surface area contributed by atoms with Crippen molar-refractivity contribution in [2.24, 2.45) is 5.41 Å².